The molecule has 6 heteroatoms. The van der Waals surface area contributed by atoms with Gasteiger partial charge in [-0.15, -0.1) is 12.4 Å². The third kappa shape index (κ3) is 3.20. The van der Waals surface area contributed by atoms with Crippen molar-refractivity contribution in [1.82, 2.24) is 15.1 Å². The molecule has 0 saturated carbocycles. The Morgan fingerprint density at radius 1 is 1.39 bits per heavy atom. The number of aromatic nitrogens is 2. The van der Waals surface area contributed by atoms with E-state index in [2.05, 4.69) is 10.4 Å². The number of nitrogens with zero attached hydrogens (tertiary/aromatic N) is 2. The molecule has 23 heavy (non-hydrogen) atoms. The highest BCUT2D eigenvalue weighted by atomic mass is 35.5. The fourth-order valence-electron chi connectivity index (χ4n) is 3.32. The van der Waals surface area contributed by atoms with Gasteiger partial charge in [-0.2, -0.15) is 5.10 Å². The van der Waals surface area contributed by atoms with Crippen molar-refractivity contribution in [3.05, 3.63) is 46.3 Å². The van der Waals surface area contributed by atoms with Gasteiger partial charge in [-0.25, -0.2) is 0 Å². The number of fused-ring (bicyclic) bond motifs is 1. The summed E-state index contributed by atoms with van der Waals surface area (Å²) in [5.74, 6) is -0.0437. The van der Waals surface area contributed by atoms with Crippen molar-refractivity contribution < 1.29 is 4.79 Å². The lowest BCUT2D eigenvalue weighted by Crippen LogP contribution is -2.31. The van der Waals surface area contributed by atoms with Gasteiger partial charge >= 0.3 is 0 Å². The van der Waals surface area contributed by atoms with Crippen molar-refractivity contribution in [3.8, 4) is 0 Å². The molecule has 1 aromatic carbocycles. The summed E-state index contributed by atoms with van der Waals surface area (Å²) in [4.78, 5) is 12.7. The molecule has 1 heterocycles. The number of carbonyl (C=O) groups excluding carboxylic acids is 1. The zero-order valence-electron chi connectivity index (χ0n) is 13.7. The lowest BCUT2D eigenvalue weighted by atomic mass is 9.87. The van der Waals surface area contributed by atoms with Gasteiger partial charge in [0.15, 0.2) is 0 Å². The zero-order valence-corrected chi connectivity index (χ0v) is 14.5. The molecule has 1 amide bonds. The second-order valence-electron chi connectivity index (χ2n) is 6.05. The molecule has 1 atom stereocenters. The average molecular weight is 335 g/mol. The van der Waals surface area contributed by atoms with Crippen LogP contribution in [0.1, 0.15) is 51.8 Å². The van der Waals surface area contributed by atoms with Gasteiger partial charge in [0.05, 0.1) is 17.3 Å². The van der Waals surface area contributed by atoms with Crippen LogP contribution >= 0.6 is 12.4 Å². The Morgan fingerprint density at radius 3 is 2.78 bits per heavy atom. The number of nitrogens with two attached hydrogens (primary N) is 1. The molecule has 0 radical (unpaired) electrons. The maximum atomic E-state index is 12.7. The van der Waals surface area contributed by atoms with Crippen molar-refractivity contribution >= 4 is 24.0 Å². The number of amides is 1. The number of rotatable bonds is 2. The van der Waals surface area contributed by atoms with Crippen LogP contribution in [0.25, 0.3) is 0 Å². The predicted molar refractivity (Wildman–Crippen MR) is 93.9 cm³/mol. The van der Waals surface area contributed by atoms with Gasteiger partial charge < -0.3 is 11.1 Å². The van der Waals surface area contributed by atoms with Crippen molar-refractivity contribution in [3.63, 3.8) is 0 Å². The minimum atomic E-state index is -0.0437. The highest BCUT2D eigenvalue weighted by molar-refractivity contribution is 5.96. The van der Waals surface area contributed by atoms with E-state index in [-0.39, 0.29) is 24.4 Å². The molecule has 0 saturated heterocycles. The Balaban J connectivity index is 0.00000192. The molecule has 1 unspecified atom stereocenters. The van der Waals surface area contributed by atoms with Crippen molar-refractivity contribution in [2.24, 2.45) is 7.05 Å². The maximum Gasteiger partial charge on any atom is 0.255 e. The van der Waals surface area contributed by atoms with Gasteiger partial charge in [-0.05, 0) is 56.4 Å². The van der Waals surface area contributed by atoms with Crippen LogP contribution < -0.4 is 11.1 Å². The maximum absolute atomic E-state index is 12.7. The van der Waals surface area contributed by atoms with E-state index in [1.54, 1.807) is 4.68 Å². The molecule has 0 aliphatic heterocycles. The Kier molecular flexibility index (Phi) is 5.00. The van der Waals surface area contributed by atoms with Gasteiger partial charge in [0.1, 0.15) is 0 Å². The first-order chi connectivity index (χ1) is 10.5. The van der Waals surface area contributed by atoms with E-state index in [0.717, 1.165) is 36.3 Å². The Bertz CT molecular complexity index is 738. The molecule has 124 valence electrons. The first-order valence-corrected chi connectivity index (χ1v) is 7.66. The van der Waals surface area contributed by atoms with E-state index in [1.807, 2.05) is 39.1 Å². The van der Waals surface area contributed by atoms with Crippen LogP contribution in [0.2, 0.25) is 0 Å². The van der Waals surface area contributed by atoms with Crippen LogP contribution in [0.5, 0.6) is 0 Å². The predicted octanol–water partition coefficient (Wildman–Crippen LogP) is 2.85. The largest absolute Gasteiger partial charge is 0.399 e. The number of benzene rings is 1. The Hall–Kier alpha value is -2.01. The number of anilines is 1. The fourth-order valence-corrected chi connectivity index (χ4v) is 3.32. The average Bonchev–Trinajstić information content (AvgIpc) is 2.72. The molecule has 2 aromatic rings. The van der Waals surface area contributed by atoms with Crippen LogP contribution in [-0.2, 0) is 13.5 Å². The molecule has 0 fully saturated rings. The van der Waals surface area contributed by atoms with Crippen molar-refractivity contribution in [1.29, 1.82) is 0 Å². The SMILES string of the molecule is Cc1nn(C)c(C)c1C(=O)NC1CCCc2cc(N)ccc21.Cl. The summed E-state index contributed by atoms with van der Waals surface area (Å²) < 4.78 is 1.75. The van der Waals surface area contributed by atoms with Crippen LogP contribution in [0.3, 0.4) is 0 Å². The number of nitrogen functional groups attached to an aromatic ring is 1. The zero-order chi connectivity index (χ0) is 15.9. The highest BCUT2D eigenvalue weighted by Crippen LogP contribution is 2.31. The Morgan fingerprint density at radius 2 is 2.13 bits per heavy atom. The number of hydrogen-bond acceptors (Lipinski definition) is 3. The lowest BCUT2D eigenvalue weighted by Gasteiger charge is -2.26. The summed E-state index contributed by atoms with van der Waals surface area (Å²) in [6, 6.07) is 6.02. The van der Waals surface area contributed by atoms with Crippen LogP contribution in [0.15, 0.2) is 18.2 Å². The van der Waals surface area contributed by atoms with E-state index >= 15 is 0 Å². The van der Waals surface area contributed by atoms with E-state index in [9.17, 15) is 4.79 Å². The second kappa shape index (κ2) is 6.62. The quantitative estimate of drug-likeness (QED) is 0.829. The van der Waals surface area contributed by atoms with Crippen molar-refractivity contribution in [2.75, 3.05) is 5.73 Å². The summed E-state index contributed by atoms with van der Waals surface area (Å²) in [5, 5.41) is 7.49. The number of hydrogen-bond donors (Lipinski definition) is 2. The summed E-state index contributed by atoms with van der Waals surface area (Å²) in [7, 11) is 1.86. The fraction of sp³-hybridized carbons (Fsp3) is 0.412. The molecule has 1 aromatic heterocycles. The molecule has 3 N–H and O–H groups in total. The van der Waals surface area contributed by atoms with E-state index in [4.69, 9.17) is 5.73 Å². The minimum Gasteiger partial charge on any atom is -0.399 e. The minimum absolute atomic E-state index is 0. The number of nitrogens with one attached hydrogen (secondary N) is 1. The molecule has 5 nitrogen and oxygen atoms in total. The smallest absolute Gasteiger partial charge is 0.255 e. The monoisotopic (exact) mass is 334 g/mol. The number of halogens is 1. The van der Waals surface area contributed by atoms with Crippen molar-refractivity contribution in [2.45, 2.75) is 39.2 Å². The molecule has 3 rings (SSSR count). The summed E-state index contributed by atoms with van der Waals surface area (Å²) in [6.45, 7) is 3.79. The third-order valence-corrected chi connectivity index (χ3v) is 4.52. The standard InChI is InChI=1S/C17H22N4O.ClH/c1-10-16(11(2)21(3)20-10)17(22)19-15-6-4-5-12-9-13(18)7-8-14(12)15;/h7-9,15H,4-6,18H2,1-3H3,(H,19,22);1H. The van der Waals surface area contributed by atoms with Crippen LogP contribution in [0, 0.1) is 13.8 Å². The van der Waals surface area contributed by atoms with Crippen LogP contribution in [-0.4, -0.2) is 15.7 Å². The van der Waals surface area contributed by atoms with Gasteiger partial charge in [-0.1, -0.05) is 6.07 Å². The number of aryl methyl sites for hydroxylation is 3. The number of carbonyl (C=O) groups is 1. The van der Waals surface area contributed by atoms with E-state index in [0.29, 0.717) is 5.56 Å². The molecule has 0 bridgehead atoms. The highest BCUT2D eigenvalue weighted by Gasteiger charge is 2.25. The van der Waals surface area contributed by atoms with Gasteiger partial charge in [0.2, 0.25) is 0 Å². The van der Waals surface area contributed by atoms with E-state index in [1.165, 1.54) is 11.1 Å². The molecule has 0 spiro atoms. The molecule has 1 aliphatic carbocycles. The normalized spacial score (nSPS) is 16.4. The third-order valence-electron chi connectivity index (χ3n) is 4.52. The van der Waals surface area contributed by atoms with Crippen LogP contribution in [0.4, 0.5) is 5.69 Å². The van der Waals surface area contributed by atoms with Gasteiger partial charge in [-0.3, -0.25) is 9.48 Å². The first-order valence-electron chi connectivity index (χ1n) is 7.66. The summed E-state index contributed by atoms with van der Waals surface area (Å²) in [6.07, 6.45) is 3.05. The van der Waals surface area contributed by atoms with E-state index < -0.39 is 0 Å². The Labute approximate surface area is 142 Å². The lowest BCUT2D eigenvalue weighted by molar-refractivity contribution is 0.0931. The molecular formula is C17H23ClN4O. The molecule has 1 aliphatic rings. The summed E-state index contributed by atoms with van der Waals surface area (Å²) in [5.41, 5.74) is 11.4. The first kappa shape index (κ1) is 17.3. The van der Waals surface area contributed by atoms with Gasteiger partial charge in [0.25, 0.3) is 5.91 Å². The van der Waals surface area contributed by atoms with Gasteiger partial charge in [0, 0.05) is 18.4 Å². The summed E-state index contributed by atoms with van der Waals surface area (Å²) >= 11 is 0. The second-order valence-corrected chi connectivity index (χ2v) is 6.05. The molecular weight excluding hydrogens is 312 g/mol. The topological polar surface area (TPSA) is 72.9 Å².